The number of ether oxygens (including phenoxy) is 1. The van der Waals surface area contributed by atoms with Crippen LogP contribution in [0.15, 0.2) is 12.2 Å². The first-order chi connectivity index (χ1) is 23.3. The van der Waals surface area contributed by atoms with E-state index < -0.39 is 0 Å². The summed E-state index contributed by atoms with van der Waals surface area (Å²) in [6.07, 6.45) is 29.9. The minimum absolute atomic E-state index is 0.00112. The van der Waals surface area contributed by atoms with Gasteiger partial charge in [0.2, 0.25) is 0 Å². The van der Waals surface area contributed by atoms with Crippen molar-refractivity contribution in [2.24, 2.45) is 56.7 Å². The summed E-state index contributed by atoms with van der Waals surface area (Å²) >= 11 is 0. The molecule has 0 aromatic rings. The van der Waals surface area contributed by atoms with Crippen molar-refractivity contribution < 1.29 is 14.6 Å². The Morgan fingerprint density at radius 2 is 1.31 bits per heavy atom. The van der Waals surface area contributed by atoms with E-state index in [0.717, 1.165) is 25.2 Å². The molecular weight excluding hydrogens is 601 g/mol. The van der Waals surface area contributed by atoms with Gasteiger partial charge in [0.05, 0.1) is 12.7 Å². The Bertz CT molecular complexity index is 1110. The molecule has 5 aliphatic rings. The molecule has 0 aromatic heterocycles. The molecule has 5 aliphatic carbocycles. The van der Waals surface area contributed by atoms with Gasteiger partial charge in [-0.15, -0.1) is 0 Å². The number of hydrogen-bond acceptors (Lipinski definition) is 3. The highest BCUT2D eigenvalue weighted by atomic mass is 16.5. The Labute approximate surface area is 304 Å². The molecule has 5 fully saturated rings. The van der Waals surface area contributed by atoms with Gasteiger partial charge in [-0.3, -0.25) is 4.79 Å². The zero-order valence-corrected chi connectivity index (χ0v) is 33.6. The molecular formula is C46H80O3. The van der Waals surface area contributed by atoms with Crippen LogP contribution in [0.1, 0.15) is 203 Å². The normalized spacial score (nSPS) is 40.9. The van der Waals surface area contributed by atoms with Gasteiger partial charge in [0.25, 0.3) is 0 Å². The summed E-state index contributed by atoms with van der Waals surface area (Å²) < 4.78 is 6.29. The van der Waals surface area contributed by atoms with Crippen molar-refractivity contribution in [3.05, 3.63) is 12.2 Å². The van der Waals surface area contributed by atoms with Gasteiger partial charge in [0, 0.05) is 11.8 Å². The Hall–Kier alpha value is -0.830. The van der Waals surface area contributed by atoms with Crippen LogP contribution in [-0.2, 0) is 9.53 Å². The van der Waals surface area contributed by atoms with E-state index in [4.69, 9.17) is 4.74 Å². The van der Waals surface area contributed by atoms with E-state index in [1.54, 1.807) is 0 Å². The third-order valence-electron chi connectivity index (χ3n) is 17.2. The summed E-state index contributed by atoms with van der Waals surface area (Å²) in [5, 5.41) is 11.1. The van der Waals surface area contributed by atoms with Crippen molar-refractivity contribution in [2.45, 2.75) is 209 Å². The number of carbonyl (C=O) groups is 1. The summed E-state index contributed by atoms with van der Waals surface area (Å²) in [7, 11) is 0. The quantitative estimate of drug-likeness (QED) is 0.0945. The van der Waals surface area contributed by atoms with E-state index in [9.17, 15) is 9.90 Å². The van der Waals surface area contributed by atoms with Crippen LogP contribution in [0.4, 0.5) is 0 Å². The minimum Gasteiger partial charge on any atom is -0.465 e. The molecule has 0 heterocycles. The zero-order chi connectivity index (χ0) is 35.5. The van der Waals surface area contributed by atoms with Crippen molar-refractivity contribution in [3.63, 3.8) is 0 Å². The van der Waals surface area contributed by atoms with Gasteiger partial charge in [-0.2, -0.15) is 0 Å². The number of esters is 1. The molecule has 49 heavy (non-hydrogen) atoms. The smallest absolute Gasteiger partial charge is 0.305 e. The predicted octanol–water partition coefficient (Wildman–Crippen LogP) is 13.0. The summed E-state index contributed by atoms with van der Waals surface area (Å²) in [6.45, 7) is 22.5. The Morgan fingerprint density at radius 1 is 0.694 bits per heavy atom. The molecule has 5 saturated carbocycles. The second-order valence-corrected chi connectivity index (χ2v) is 20.1. The molecule has 0 amide bonds. The first-order valence-electron chi connectivity index (χ1n) is 21.8. The van der Waals surface area contributed by atoms with Gasteiger partial charge >= 0.3 is 5.97 Å². The lowest BCUT2D eigenvalue weighted by atomic mass is 9.32. The predicted molar refractivity (Wildman–Crippen MR) is 206 cm³/mol. The molecule has 0 saturated heterocycles. The van der Waals surface area contributed by atoms with Crippen molar-refractivity contribution in [3.8, 4) is 0 Å². The lowest BCUT2D eigenvalue weighted by Gasteiger charge is -2.73. The van der Waals surface area contributed by atoms with E-state index >= 15 is 0 Å². The van der Waals surface area contributed by atoms with Gasteiger partial charge in [0.1, 0.15) is 0 Å². The van der Waals surface area contributed by atoms with E-state index in [1.807, 2.05) is 0 Å². The highest BCUT2D eigenvalue weighted by Crippen LogP contribution is 2.77. The van der Waals surface area contributed by atoms with Crippen LogP contribution in [0.3, 0.4) is 0 Å². The van der Waals surface area contributed by atoms with Crippen LogP contribution in [0.25, 0.3) is 0 Å². The second kappa shape index (κ2) is 16.0. The molecule has 10 atom stereocenters. The Kier molecular flexibility index (Phi) is 12.9. The number of aliphatic hydroxyl groups excluding tert-OH is 1. The maximum Gasteiger partial charge on any atom is 0.305 e. The van der Waals surface area contributed by atoms with Crippen LogP contribution in [0.5, 0.6) is 0 Å². The number of hydrogen-bond donors (Lipinski definition) is 1. The summed E-state index contributed by atoms with van der Waals surface area (Å²) in [4.78, 5) is 13.2. The van der Waals surface area contributed by atoms with Gasteiger partial charge in [-0.05, 0) is 129 Å². The first-order valence-corrected chi connectivity index (χ1v) is 21.8. The SMILES string of the molecule is C=C(C)[C@@H]1CC[C@]2(COC(=O)CCCCCCCCCCCCCCC)CC[C@]3(C)[C@H](CC[C@@H]4[C@@]5(C)CC[C@H](O)C(C)(C)[C@@H]5CC[C@]43C)[C@@H]12. The van der Waals surface area contributed by atoms with Gasteiger partial charge in [0.15, 0.2) is 0 Å². The average molecular weight is 681 g/mol. The summed E-state index contributed by atoms with van der Waals surface area (Å²) in [5.74, 6) is 3.19. The molecule has 0 radical (unpaired) electrons. The molecule has 0 unspecified atom stereocenters. The fourth-order valence-corrected chi connectivity index (χ4v) is 14.1. The Balaban J connectivity index is 1.14. The Morgan fingerprint density at radius 3 is 1.92 bits per heavy atom. The van der Waals surface area contributed by atoms with E-state index in [0.29, 0.717) is 52.9 Å². The van der Waals surface area contributed by atoms with Crippen LogP contribution in [0, 0.1) is 56.7 Å². The van der Waals surface area contributed by atoms with E-state index in [-0.39, 0.29) is 22.9 Å². The number of rotatable bonds is 17. The van der Waals surface area contributed by atoms with E-state index in [2.05, 4.69) is 55.0 Å². The summed E-state index contributed by atoms with van der Waals surface area (Å²) in [6, 6.07) is 0. The second-order valence-electron chi connectivity index (χ2n) is 20.1. The fraction of sp³-hybridized carbons (Fsp3) is 0.935. The number of carbonyl (C=O) groups excluding carboxylic acids is 1. The number of unbranched alkanes of at least 4 members (excludes halogenated alkanes) is 12. The van der Waals surface area contributed by atoms with Crippen LogP contribution in [-0.4, -0.2) is 23.8 Å². The molecule has 282 valence electrons. The number of fused-ring (bicyclic) bond motifs is 7. The first kappa shape index (κ1) is 39.4. The monoisotopic (exact) mass is 681 g/mol. The third kappa shape index (κ3) is 7.51. The highest BCUT2D eigenvalue weighted by Gasteiger charge is 2.71. The van der Waals surface area contributed by atoms with Crippen molar-refractivity contribution in [1.29, 1.82) is 0 Å². The lowest BCUT2D eigenvalue weighted by molar-refractivity contribution is -0.250. The summed E-state index contributed by atoms with van der Waals surface area (Å²) in [5.41, 5.74) is 2.42. The van der Waals surface area contributed by atoms with E-state index in [1.165, 1.54) is 134 Å². The standard InChI is InChI=1S/C46H80O3/c1-9-10-11-12-13-14-15-16-17-18-19-20-21-22-40(48)49-33-46-30-25-35(34(2)3)41(46)36-23-24-38-43(6)28-27-39(47)42(4,5)37(43)26-29-45(38,8)44(36,7)31-32-46/h35-39,41,47H,2,9-33H2,1,3-8H3/t35-,36+,37-,38+,39-,41+,43-,44+,45+,46+/m0/s1. The van der Waals surface area contributed by atoms with Gasteiger partial charge in [-0.25, -0.2) is 0 Å². The molecule has 5 rings (SSSR count). The molecule has 3 nitrogen and oxygen atoms in total. The number of aliphatic hydroxyl groups is 1. The molecule has 3 heteroatoms. The minimum atomic E-state index is -0.167. The highest BCUT2D eigenvalue weighted by molar-refractivity contribution is 5.69. The van der Waals surface area contributed by atoms with Crippen molar-refractivity contribution >= 4 is 5.97 Å². The molecule has 1 N–H and O–H groups in total. The molecule has 0 aliphatic heterocycles. The van der Waals surface area contributed by atoms with Crippen molar-refractivity contribution in [2.75, 3.05) is 6.61 Å². The van der Waals surface area contributed by atoms with Crippen LogP contribution >= 0.6 is 0 Å². The van der Waals surface area contributed by atoms with Gasteiger partial charge < -0.3 is 9.84 Å². The number of allylic oxidation sites excluding steroid dienone is 1. The van der Waals surface area contributed by atoms with Crippen LogP contribution in [0.2, 0.25) is 0 Å². The fourth-order valence-electron chi connectivity index (χ4n) is 14.1. The topological polar surface area (TPSA) is 46.5 Å². The van der Waals surface area contributed by atoms with Crippen molar-refractivity contribution in [1.82, 2.24) is 0 Å². The largest absolute Gasteiger partial charge is 0.465 e. The maximum absolute atomic E-state index is 13.2. The third-order valence-corrected chi connectivity index (χ3v) is 17.2. The molecule has 0 bridgehead atoms. The molecule has 0 spiro atoms. The average Bonchev–Trinajstić information content (AvgIpc) is 3.45. The van der Waals surface area contributed by atoms with Gasteiger partial charge in [-0.1, -0.05) is 131 Å². The maximum atomic E-state index is 13.2. The van der Waals surface area contributed by atoms with Crippen LogP contribution < -0.4 is 0 Å². The zero-order valence-electron chi connectivity index (χ0n) is 33.6. The lowest BCUT2D eigenvalue weighted by Crippen LogP contribution is -2.66. The molecule has 0 aromatic carbocycles.